The lowest BCUT2D eigenvalue weighted by Gasteiger charge is -2.26. The van der Waals surface area contributed by atoms with Crippen LogP contribution in [0.3, 0.4) is 0 Å². The summed E-state index contributed by atoms with van der Waals surface area (Å²) in [5, 5.41) is 2.85. The average Bonchev–Trinajstić information content (AvgIpc) is 3.32. The Morgan fingerprint density at radius 2 is 1.90 bits per heavy atom. The standard InChI is InChI=1S/C22H26N2O5S2/c25-22(20-8-1-2-9-21(20)30-16-18-6-4-12-29-18)23-17-5-3-7-19(15-17)31(26,27)24-10-13-28-14-11-24/h1-3,5,7-9,15,18H,4,6,10-14,16H2,(H,23,25). The summed E-state index contributed by atoms with van der Waals surface area (Å²) in [7, 11) is -3.63. The molecule has 2 saturated heterocycles. The molecule has 2 fully saturated rings. The number of amides is 1. The summed E-state index contributed by atoms with van der Waals surface area (Å²) in [5.74, 6) is 0.536. The van der Waals surface area contributed by atoms with Crippen LogP contribution in [0.4, 0.5) is 5.69 Å². The van der Waals surface area contributed by atoms with Crippen LogP contribution < -0.4 is 5.32 Å². The SMILES string of the molecule is O=C(Nc1cccc(S(=O)(=O)N2CCOCC2)c1)c1ccccc1SCC1CCCO1. The number of thioether (sulfide) groups is 1. The Kier molecular flexibility index (Phi) is 7.29. The van der Waals surface area contributed by atoms with E-state index in [4.69, 9.17) is 9.47 Å². The summed E-state index contributed by atoms with van der Waals surface area (Å²) >= 11 is 1.61. The maximum absolute atomic E-state index is 13.0. The van der Waals surface area contributed by atoms with Crippen molar-refractivity contribution in [2.75, 3.05) is 44.0 Å². The van der Waals surface area contributed by atoms with Gasteiger partial charge in [-0.05, 0) is 43.2 Å². The minimum atomic E-state index is -3.63. The fraction of sp³-hybridized carbons (Fsp3) is 0.409. The summed E-state index contributed by atoms with van der Waals surface area (Å²) in [6.07, 6.45) is 2.35. The highest BCUT2D eigenvalue weighted by Crippen LogP contribution is 2.28. The minimum Gasteiger partial charge on any atom is -0.379 e. The number of rotatable bonds is 7. The van der Waals surface area contributed by atoms with Crippen LogP contribution in [0.5, 0.6) is 0 Å². The van der Waals surface area contributed by atoms with Gasteiger partial charge < -0.3 is 14.8 Å². The number of benzene rings is 2. The zero-order chi connectivity index (χ0) is 21.7. The third-order valence-corrected chi connectivity index (χ3v) is 8.38. The highest BCUT2D eigenvalue weighted by Gasteiger charge is 2.26. The van der Waals surface area contributed by atoms with Crippen molar-refractivity contribution >= 4 is 33.4 Å². The molecule has 0 radical (unpaired) electrons. The normalized spacial score (nSPS) is 19.9. The van der Waals surface area contributed by atoms with Gasteiger partial charge in [0.25, 0.3) is 5.91 Å². The Balaban J connectivity index is 1.47. The number of hydrogen-bond acceptors (Lipinski definition) is 6. The highest BCUT2D eigenvalue weighted by atomic mass is 32.2. The van der Waals surface area contributed by atoms with E-state index in [1.165, 1.54) is 10.4 Å². The molecule has 0 saturated carbocycles. The third-order valence-electron chi connectivity index (χ3n) is 5.28. The van der Waals surface area contributed by atoms with Crippen molar-refractivity contribution in [3.05, 3.63) is 54.1 Å². The predicted molar refractivity (Wildman–Crippen MR) is 120 cm³/mol. The van der Waals surface area contributed by atoms with E-state index in [0.717, 1.165) is 30.1 Å². The number of carbonyl (C=O) groups is 1. The van der Waals surface area contributed by atoms with E-state index >= 15 is 0 Å². The molecule has 0 spiro atoms. The molecule has 1 atom stereocenters. The van der Waals surface area contributed by atoms with Gasteiger partial charge in [0.2, 0.25) is 10.0 Å². The first-order valence-electron chi connectivity index (χ1n) is 10.4. The van der Waals surface area contributed by atoms with Gasteiger partial charge in [-0.2, -0.15) is 4.31 Å². The molecule has 1 N–H and O–H groups in total. The van der Waals surface area contributed by atoms with Crippen molar-refractivity contribution in [3.63, 3.8) is 0 Å². The van der Waals surface area contributed by atoms with Crippen molar-refractivity contribution in [2.45, 2.75) is 28.7 Å². The van der Waals surface area contributed by atoms with E-state index in [1.807, 2.05) is 18.2 Å². The fourth-order valence-electron chi connectivity index (χ4n) is 3.61. The number of ether oxygens (including phenoxy) is 2. The van der Waals surface area contributed by atoms with Crippen molar-refractivity contribution in [3.8, 4) is 0 Å². The van der Waals surface area contributed by atoms with Crippen LogP contribution in [-0.2, 0) is 19.5 Å². The van der Waals surface area contributed by atoms with Crippen molar-refractivity contribution < 1.29 is 22.7 Å². The number of nitrogens with one attached hydrogen (secondary N) is 1. The summed E-state index contributed by atoms with van der Waals surface area (Å²) in [4.78, 5) is 14.0. The summed E-state index contributed by atoms with van der Waals surface area (Å²) in [6, 6.07) is 13.8. The Morgan fingerprint density at radius 1 is 1.10 bits per heavy atom. The van der Waals surface area contributed by atoms with Crippen molar-refractivity contribution in [1.29, 1.82) is 0 Å². The van der Waals surface area contributed by atoms with Crippen LogP contribution in [0.1, 0.15) is 23.2 Å². The lowest BCUT2D eigenvalue weighted by Crippen LogP contribution is -2.40. The number of sulfonamides is 1. The molecule has 9 heteroatoms. The quantitative estimate of drug-likeness (QED) is 0.636. The second-order valence-corrected chi connectivity index (χ2v) is 10.4. The molecule has 4 rings (SSSR count). The van der Waals surface area contributed by atoms with Crippen molar-refractivity contribution in [1.82, 2.24) is 4.31 Å². The number of nitrogens with zero attached hydrogens (tertiary/aromatic N) is 1. The molecule has 31 heavy (non-hydrogen) atoms. The summed E-state index contributed by atoms with van der Waals surface area (Å²) < 4.78 is 38.1. The molecular weight excluding hydrogens is 436 g/mol. The maximum Gasteiger partial charge on any atom is 0.256 e. The van der Waals surface area contributed by atoms with Crippen LogP contribution in [0.2, 0.25) is 0 Å². The van der Waals surface area contributed by atoms with Gasteiger partial charge in [0.15, 0.2) is 0 Å². The molecule has 2 aliphatic heterocycles. The molecule has 2 aliphatic rings. The van der Waals surface area contributed by atoms with Crippen LogP contribution >= 0.6 is 11.8 Å². The zero-order valence-corrected chi connectivity index (χ0v) is 18.8. The first-order valence-corrected chi connectivity index (χ1v) is 12.8. The fourth-order valence-corrected chi connectivity index (χ4v) is 6.18. The molecule has 2 aromatic carbocycles. The number of hydrogen-bond donors (Lipinski definition) is 1. The molecule has 7 nitrogen and oxygen atoms in total. The van der Waals surface area contributed by atoms with E-state index in [2.05, 4.69) is 5.32 Å². The van der Waals surface area contributed by atoms with E-state index in [9.17, 15) is 13.2 Å². The first-order chi connectivity index (χ1) is 15.0. The van der Waals surface area contributed by atoms with Crippen LogP contribution in [0.15, 0.2) is 58.3 Å². The summed E-state index contributed by atoms with van der Waals surface area (Å²) in [6.45, 7) is 2.23. The van der Waals surface area contributed by atoms with Gasteiger partial charge in [-0.3, -0.25) is 4.79 Å². The Bertz CT molecular complexity index is 1020. The molecule has 0 aromatic heterocycles. The zero-order valence-electron chi connectivity index (χ0n) is 17.2. The molecular formula is C22H26N2O5S2. The number of anilines is 1. The second-order valence-electron chi connectivity index (χ2n) is 7.44. The van der Waals surface area contributed by atoms with Gasteiger partial charge >= 0.3 is 0 Å². The topological polar surface area (TPSA) is 84.9 Å². The number of carbonyl (C=O) groups excluding carboxylic acids is 1. The van der Waals surface area contributed by atoms with Gasteiger partial charge in [-0.1, -0.05) is 18.2 Å². The van der Waals surface area contributed by atoms with Gasteiger partial charge in [-0.15, -0.1) is 11.8 Å². The van der Waals surface area contributed by atoms with Gasteiger partial charge in [-0.25, -0.2) is 8.42 Å². The minimum absolute atomic E-state index is 0.160. The van der Waals surface area contributed by atoms with E-state index in [-0.39, 0.29) is 16.9 Å². The largest absolute Gasteiger partial charge is 0.379 e. The molecule has 1 unspecified atom stereocenters. The predicted octanol–water partition coefficient (Wildman–Crippen LogP) is 3.23. The molecule has 0 bridgehead atoms. The first kappa shape index (κ1) is 22.3. The van der Waals surface area contributed by atoms with Gasteiger partial charge in [0, 0.05) is 36.0 Å². The Hall–Kier alpha value is -1.91. The molecule has 0 aliphatic carbocycles. The van der Waals surface area contributed by atoms with Crippen LogP contribution in [0, 0.1) is 0 Å². The molecule has 2 aromatic rings. The third kappa shape index (κ3) is 5.48. The van der Waals surface area contributed by atoms with E-state index in [1.54, 1.807) is 36.0 Å². The van der Waals surface area contributed by atoms with E-state index < -0.39 is 10.0 Å². The Morgan fingerprint density at radius 3 is 2.68 bits per heavy atom. The monoisotopic (exact) mass is 462 g/mol. The Labute approximate surface area is 187 Å². The smallest absolute Gasteiger partial charge is 0.256 e. The van der Waals surface area contributed by atoms with Gasteiger partial charge in [0.1, 0.15) is 0 Å². The van der Waals surface area contributed by atoms with E-state index in [0.29, 0.717) is 37.6 Å². The van der Waals surface area contributed by atoms with Crippen molar-refractivity contribution in [2.24, 2.45) is 0 Å². The van der Waals surface area contributed by atoms with Gasteiger partial charge in [0.05, 0.1) is 29.8 Å². The molecule has 1 amide bonds. The average molecular weight is 463 g/mol. The number of morpholine rings is 1. The molecule has 166 valence electrons. The molecule has 2 heterocycles. The highest BCUT2D eigenvalue weighted by molar-refractivity contribution is 7.99. The maximum atomic E-state index is 13.0. The second kappa shape index (κ2) is 10.1. The van der Waals surface area contributed by atoms with Crippen LogP contribution in [0.25, 0.3) is 0 Å². The lowest BCUT2D eigenvalue weighted by molar-refractivity contribution is 0.0730. The summed E-state index contributed by atoms with van der Waals surface area (Å²) in [5.41, 5.74) is 1.00. The van der Waals surface area contributed by atoms with Crippen LogP contribution in [-0.4, -0.2) is 63.4 Å². The lowest BCUT2D eigenvalue weighted by atomic mass is 10.2.